The van der Waals surface area contributed by atoms with Crippen LogP contribution in [0, 0.1) is 5.92 Å². The minimum Gasteiger partial charge on any atom is -0.379 e. The fourth-order valence-corrected chi connectivity index (χ4v) is 4.70. The molecule has 26 heavy (non-hydrogen) atoms. The third-order valence-electron chi connectivity index (χ3n) is 6.20. The lowest BCUT2D eigenvalue weighted by molar-refractivity contribution is 0.0458. The summed E-state index contributed by atoms with van der Waals surface area (Å²) < 4.78 is 0. The van der Waals surface area contributed by atoms with E-state index in [9.17, 15) is 0 Å². The summed E-state index contributed by atoms with van der Waals surface area (Å²) >= 11 is 0. The van der Waals surface area contributed by atoms with Gasteiger partial charge in [-0.1, -0.05) is 18.2 Å². The molecule has 3 aliphatic rings. The lowest BCUT2D eigenvalue weighted by atomic mass is 9.79. The van der Waals surface area contributed by atoms with Crippen LogP contribution in [-0.4, -0.2) is 40.0 Å². The van der Waals surface area contributed by atoms with Gasteiger partial charge in [0.05, 0.1) is 23.1 Å². The highest BCUT2D eigenvalue weighted by Crippen LogP contribution is 2.34. The van der Waals surface area contributed by atoms with Crippen molar-refractivity contribution in [2.45, 2.75) is 31.8 Å². The topological polar surface area (TPSA) is 41.1 Å². The summed E-state index contributed by atoms with van der Waals surface area (Å²) in [6.45, 7) is 4.88. The molecule has 4 heteroatoms. The standard InChI is InChI=1S/C22H24N4/c1-15-22(16-9-12-26(15)13-10-16)25-17-7-8-21(24-14-17)18-4-2-6-20-19(18)5-3-11-23-20/h2-8,11,14-16,22,25H,9-10,12-13H2,1H3/t15-,22-/m1/s1. The van der Waals surface area contributed by atoms with Gasteiger partial charge in [-0.2, -0.15) is 0 Å². The van der Waals surface area contributed by atoms with Crippen LogP contribution in [0.25, 0.3) is 22.2 Å². The van der Waals surface area contributed by atoms with Crippen LogP contribution >= 0.6 is 0 Å². The number of nitrogens with zero attached hydrogens (tertiary/aromatic N) is 3. The average molecular weight is 344 g/mol. The quantitative estimate of drug-likeness (QED) is 0.773. The van der Waals surface area contributed by atoms with Crippen molar-refractivity contribution in [1.29, 1.82) is 0 Å². The van der Waals surface area contributed by atoms with Crippen LogP contribution < -0.4 is 5.32 Å². The van der Waals surface area contributed by atoms with E-state index in [0.717, 1.165) is 33.8 Å². The first kappa shape index (κ1) is 15.8. The van der Waals surface area contributed by atoms with Gasteiger partial charge < -0.3 is 5.32 Å². The molecule has 0 spiro atoms. The largest absolute Gasteiger partial charge is 0.379 e. The molecule has 2 bridgehead atoms. The van der Waals surface area contributed by atoms with Crippen LogP contribution in [0.4, 0.5) is 5.69 Å². The number of hydrogen-bond donors (Lipinski definition) is 1. The number of hydrogen-bond acceptors (Lipinski definition) is 4. The maximum atomic E-state index is 4.75. The number of piperidine rings is 3. The predicted octanol–water partition coefficient (Wildman–Crippen LogP) is 4.19. The summed E-state index contributed by atoms with van der Waals surface area (Å²) in [6, 6.07) is 15.7. The van der Waals surface area contributed by atoms with E-state index in [1.165, 1.54) is 25.9 Å². The van der Waals surface area contributed by atoms with Crippen molar-refractivity contribution in [2.75, 3.05) is 18.4 Å². The van der Waals surface area contributed by atoms with E-state index in [2.05, 4.69) is 46.4 Å². The molecule has 3 aliphatic heterocycles. The van der Waals surface area contributed by atoms with Gasteiger partial charge in [-0.3, -0.25) is 14.9 Å². The summed E-state index contributed by atoms with van der Waals surface area (Å²) in [4.78, 5) is 11.8. The molecule has 132 valence electrons. The molecule has 0 amide bonds. The second-order valence-corrected chi connectivity index (χ2v) is 7.59. The van der Waals surface area contributed by atoms with E-state index in [-0.39, 0.29) is 0 Å². The van der Waals surface area contributed by atoms with Gasteiger partial charge in [-0.15, -0.1) is 0 Å². The Morgan fingerprint density at radius 2 is 1.88 bits per heavy atom. The first-order valence-electron chi connectivity index (χ1n) is 9.60. The van der Waals surface area contributed by atoms with Crippen molar-refractivity contribution >= 4 is 16.6 Å². The first-order chi connectivity index (χ1) is 12.8. The number of anilines is 1. The maximum Gasteiger partial charge on any atom is 0.0710 e. The Kier molecular flexibility index (Phi) is 3.86. The van der Waals surface area contributed by atoms with Crippen LogP contribution in [0.15, 0.2) is 54.9 Å². The van der Waals surface area contributed by atoms with Crippen LogP contribution in [0.5, 0.6) is 0 Å². The molecule has 5 heterocycles. The molecule has 2 aromatic heterocycles. The minimum atomic E-state index is 0.534. The van der Waals surface area contributed by atoms with Crippen molar-refractivity contribution in [2.24, 2.45) is 5.92 Å². The molecular weight excluding hydrogens is 320 g/mol. The zero-order valence-electron chi connectivity index (χ0n) is 15.1. The molecule has 3 saturated heterocycles. The van der Waals surface area contributed by atoms with E-state index in [4.69, 9.17) is 4.98 Å². The molecule has 6 rings (SSSR count). The normalized spacial score (nSPS) is 27.6. The highest BCUT2D eigenvalue weighted by atomic mass is 15.2. The van der Waals surface area contributed by atoms with Crippen LogP contribution in [0.2, 0.25) is 0 Å². The number of aromatic nitrogens is 2. The van der Waals surface area contributed by atoms with Gasteiger partial charge in [0.2, 0.25) is 0 Å². The zero-order valence-corrected chi connectivity index (χ0v) is 15.1. The number of nitrogens with one attached hydrogen (secondary N) is 1. The Bertz CT molecular complexity index is 906. The van der Waals surface area contributed by atoms with E-state index < -0.39 is 0 Å². The Morgan fingerprint density at radius 1 is 1.00 bits per heavy atom. The summed E-state index contributed by atoms with van der Waals surface area (Å²) in [5.74, 6) is 0.791. The first-order valence-corrected chi connectivity index (χ1v) is 9.60. The van der Waals surface area contributed by atoms with Gasteiger partial charge >= 0.3 is 0 Å². The molecule has 0 unspecified atom stereocenters. The predicted molar refractivity (Wildman–Crippen MR) is 106 cm³/mol. The molecule has 3 fully saturated rings. The lowest BCUT2D eigenvalue weighted by Crippen LogP contribution is -2.59. The monoisotopic (exact) mass is 344 g/mol. The van der Waals surface area contributed by atoms with Gasteiger partial charge in [0.25, 0.3) is 0 Å². The third-order valence-corrected chi connectivity index (χ3v) is 6.20. The van der Waals surface area contributed by atoms with Crippen molar-refractivity contribution in [3.8, 4) is 11.3 Å². The Labute approximate surface area is 154 Å². The van der Waals surface area contributed by atoms with Crippen molar-refractivity contribution < 1.29 is 0 Å². The fourth-order valence-electron chi connectivity index (χ4n) is 4.70. The molecule has 2 atom stereocenters. The molecule has 4 nitrogen and oxygen atoms in total. The zero-order chi connectivity index (χ0) is 17.5. The number of rotatable bonds is 3. The second-order valence-electron chi connectivity index (χ2n) is 7.59. The average Bonchev–Trinajstić information content (AvgIpc) is 2.71. The van der Waals surface area contributed by atoms with Crippen LogP contribution in [0.3, 0.4) is 0 Å². The van der Waals surface area contributed by atoms with E-state index in [0.29, 0.717) is 12.1 Å². The van der Waals surface area contributed by atoms with Crippen molar-refractivity contribution in [3.63, 3.8) is 0 Å². The maximum absolute atomic E-state index is 4.75. The SMILES string of the molecule is C[C@@H]1[C@@H](Nc2ccc(-c3cccc4ncccc34)nc2)C2CCN1CC2. The van der Waals surface area contributed by atoms with E-state index in [1.54, 1.807) is 0 Å². The number of pyridine rings is 2. The highest BCUT2D eigenvalue weighted by Gasteiger charge is 2.39. The molecular formula is C22H24N4. The highest BCUT2D eigenvalue weighted by molar-refractivity contribution is 5.93. The van der Waals surface area contributed by atoms with Gasteiger partial charge in [-0.05, 0) is 63.0 Å². The van der Waals surface area contributed by atoms with Crippen LogP contribution in [-0.2, 0) is 0 Å². The summed E-state index contributed by atoms with van der Waals surface area (Å²) in [5, 5.41) is 4.91. The molecule has 0 radical (unpaired) electrons. The van der Waals surface area contributed by atoms with Gasteiger partial charge in [0, 0.05) is 29.2 Å². The molecule has 0 saturated carbocycles. The fraction of sp³-hybridized carbons (Fsp3) is 0.364. The Balaban J connectivity index is 1.41. The number of fused-ring (bicyclic) bond motifs is 4. The number of benzene rings is 1. The Hall–Kier alpha value is -2.46. The van der Waals surface area contributed by atoms with E-state index in [1.807, 2.05) is 30.6 Å². The van der Waals surface area contributed by atoms with Crippen molar-refractivity contribution in [1.82, 2.24) is 14.9 Å². The lowest BCUT2D eigenvalue weighted by Gasteiger charge is -2.50. The molecule has 1 aromatic carbocycles. The molecule has 0 aliphatic carbocycles. The third kappa shape index (κ3) is 2.65. The van der Waals surface area contributed by atoms with Gasteiger partial charge in [-0.25, -0.2) is 0 Å². The van der Waals surface area contributed by atoms with Crippen molar-refractivity contribution in [3.05, 3.63) is 54.9 Å². The van der Waals surface area contributed by atoms with Crippen LogP contribution in [0.1, 0.15) is 19.8 Å². The molecule has 3 aromatic rings. The minimum absolute atomic E-state index is 0.534. The summed E-state index contributed by atoms with van der Waals surface area (Å²) in [6.07, 6.45) is 6.45. The smallest absolute Gasteiger partial charge is 0.0710 e. The van der Waals surface area contributed by atoms with Gasteiger partial charge in [0.15, 0.2) is 0 Å². The van der Waals surface area contributed by atoms with E-state index >= 15 is 0 Å². The Morgan fingerprint density at radius 3 is 2.65 bits per heavy atom. The summed E-state index contributed by atoms with van der Waals surface area (Å²) in [5.41, 5.74) is 4.27. The molecule has 1 N–H and O–H groups in total. The second kappa shape index (κ2) is 6.36. The summed E-state index contributed by atoms with van der Waals surface area (Å²) in [7, 11) is 0. The van der Waals surface area contributed by atoms with Gasteiger partial charge in [0.1, 0.15) is 0 Å².